The Morgan fingerprint density at radius 2 is 1.73 bits per heavy atom. The van der Waals surface area contributed by atoms with Crippen molar-refractivity contribution in [1.82, 2.24) is 9.80 Å². The largest absolute Gasteiger partial charge is 0.335 e. The molecule has 0 aromatic carbocycles. The van der Waals surface area contributed by atoms with E-state index in [1.165, 1.54) is 17.1 Å². The van der Waals surface area contributed by atoms with Gasteiger partial charge >= 0.3 is 0 Å². The zero-order valence-electron chi connectivity index (χ0n) is 13.5. The molecule has 0 N–H and O–H groups in total. The molecule has 22 heavy (non-hydrogen) atoms. The topological polar surface area (TPSA) is 57.7 Å². The van der Waals surface area contributed by atoms with Gasteiger partial charge in [-0.2, -0.15) is 0 Å². The lowest BCUT2D eigenvalue weighted by Gasteiger charge is -2.31. The summed E-state index contributed by atoms with van der Waals surface area (Å²) in [4.78, 5) is 37.9. The number of rotatable bonds is 7. The van der Waals surface area contributed by atoms with Crippen molar-refractivity contribution >= 4 is 17.7 Å². The van der Waals surface area contributed by atoms with Crippen molar-refractivity contribution in [2.75, 3.05) is 19.6 Å². The van der Waals surface area contributed by atoms with Crippen molar-refractivity contribution in [1.29, 1.82) is 0 Å². The molecule has 0 saturated carbocycles. The predicted octanol–water partition coefficient (Wildman–Crippen LogP) is 1.75. The summed E-state index contributed by atoms with van der Waals surface area (Å²) in [6.07, 6.45) is 7.96. The number of carbonyl (C=O) groups is 3. The summed E-state index contributed by atoms with van der Waals surface area (Å²) in [7, 11) is 0. The summed E-state index contributed by atoms with van der Waals surface area (Å²) in [6.45, 7) is 8.30. The molecule has 5 nitrogen and oxygen atoms in total. The van der Waals surface area contributed by atoms with E-state index >= 15 is 0 Å². The molecular formula is C17H24N2O3. The molecule has 2 aliphatic rings. The highest BCUT2D eigenvalue weighted by molar-refractivity contribution is 6.12. The molecule has 2 aliphatic heterocycles. The van der Waals surface area contributed by atoms with Gasteiger partial charge in [0.1, 0.15) is 0 Å². The number of nitrogens with zero attached hydrogens (tertiary/aromatic N) is 2. The Morgan fingerprint density at radius 1 is 1.09 bits per heavy atom. The summed E-state index contributed by atoms with van der Waals surface area (Å²) in [5.74, 6) is -0.120. The molecule has 0 radical (unpaired) electrons. The second kappa shape index (κ2) is 6.46. The first-order valence-electron chi connectivity index (χ1n) is 7.77. The summed E-state index contributed by atoms with van der Waals surface area (Å²) in [5.41, 5.74) is 0.0571. The molecule has 5 heteroatoms. The average Bonchev–Trinajstić information content (AvgIpc) is 2.96. The van der Waals surface area contributed by atoms with Gasteiger partial charge in [-0.3, -0.25) is 19.3 Å². The minimum Gasteiger partial charge on any atom is -0.335 e. The standard InChI is InChI=1S/C17H24N2O3/c1-13(12-19-15(21)6-7-16(19)22)11-17(2,3)8-10-18-9-4-5-14(18)20/h4-7,13H,8-12H2,1-3H3. The first kappa shape index (κ1) is 16.5. The number of amides is 3. The molecule has 0 spiro atoms. The lowest BCUT2D eigenvalue weighted by Crippen LogP contribution is -2.36. The maximum Gasteiger partial charge on any atom is 0.253 e. The van der Waals surface area contributed by atoms with Crippen LogP contribution in [0.3, 0.4) is 0 Å². The summed E-state index contributed by atoms with van der Waals surface area (Å²) < 4.78 is 0. The molecule has 2 rings (SSSR count). The molecule has 0 aromatic rings. The lowest BCUT2D eigenvalue weighted by molar-refractivity contribution is -0.137. The van der Waals surface area contributed by atoms with E-state index in [0.717, 1.165) is 19.4 Å². The van der Waals surface area contributed by atoms with E-state index in [1.807, 2.05) is 11.0 Å². The van der Waals surface area contributed by atoms with Crippen LogP contribution in [0.4, 0.5) is 0 Å². The van der Waals surface area contributed by atoms with Crippen molar-refractivity contribution < 1.29 is 14.4 Å². The quantitative estimate of drug-likeness (QED) is 0.673. The van der Waals surface area contributed by atoms with Gasteiger partial charge < -0.3 is 4.90 Å². The minimum absolute atomic E-state index is 0.0571. The van der Waals surface area contributed by atoms with Crippen molar-refractivity contribution in [3.05, 3.63) is 24.3 Å². The molecule has 0 aromatic heterocycles. The van der Waals surface area contributed by atoms with Gasteiger partial charge in [-0.15, -0.1) is 0 Å². The van der Waals surface area contributed by atoms with Gasteiger partial charge in [-0.1, -0.05) is 26.8 Å². The van der Waals surface area contributed by atoms with Crippen molar-refractivity contribution in [3.8, 4) is 0 Å². The van der Waals surface area contributed by atoms with E-state index in [4.69, 9.17) is 0 Å². The molecule has 0 bridgehead atoms. The monoisotopic (exact) mass is 304 g/mol. The van der Waals surface area contributed by atoms with E-state index in [-0.39, 0.29) is 29.1 Å². The Hall–Kier alpha value is -1.91. The average molecular weight is 304 g/mol. The van der Waals surface area contributed by atoms with Crippen LogP contribution in [0.2, 0.25) is 0 Å². The Kier molecular flexibility index (Phi) is 4.84. The second-order valence-corrected chi connectivity index (χ2v) is 7.03. The number of imide groups is 1. The van der Waals surface area contributed by atoms with Gasteiger partial charge in [0, 0.05) is 37.9 Å². The van der Waals surface area contributed by atoms with Crippen molar-refractivity contribution in [3.63, 3.8) is 0 Å². The van der Waals surface area contributed by atoms with Crippen LogP contribution < -0.4 is 0 Å². The van der Waals surface area contributed by atoms with Crippen molar-refractivity contribution in [2.45, 2.75) is 33.6 Å². The molecule has 0 fully saturated rings. The summed E-state index contributed by atoms with van der Waals surface area (Å²) in [6, 6.07) is 0. The minimum atomic E-state index is -0.219. The molecule has 1 unspecified atom stereocenters. The Bertz CT molecular complexity index is 516. The first-order valence-corrected chi connectivity index (χ1v) is 7.77. The van der Waals surface area contributed by atoms with Crippen molar-refractivity contribution in [2.24, 2.45) is 11.3 Å². The van der Waals surface area contributed by atoms with Gasteiger partial charge in [0.2, 0.25) is 5.91 Å². The third-order valence-electron chi connectivity index (χ3n) is 4.25. The van der Waals surface area contributed by atoms with Crippen LogP contribution in [0.1, 0.15) is 33.6 Å². The van der Waals surface area contributed by atoms with Gasteiger partial charge in [0.25, 0.3) is 11.8 Å². The molecule has 2 heterocycles. The highest BCUT2D eigenvalue weighted by atomic mass is 16.2. The molecule has 0 aliphatic carbocycles. The fraction of sp³-hybridized carbons (Fsp3) is 0.588. The number of carbonyl (C=O) groups excluding carboxylic acids is 3. The fourth-order valence-corrected chi connectivity index (χ4v) is 3.15. The van der Waals surface area contributed by atoms with Crippen LogP contribution in [0.5, 0.6) is 0 Å². The highest BCUT2D eigenvalue weighted by Gasteiger charge is 2.28. The Balaban J connectivity index is 1.79. The third-order valence-corrected chi connectivity index (χ3v) is 4.25. The number of hydrogen-bond donors (Lipinski definition) is 0. The van der Waals surface area contributed by atoms with E-state index in [9.17, 15) is 14.4 Å². The van der Waals surface area contributed by atoms with E-state index in [0.29, 0.717) is 13.1 Å². The highest BCUT2D eigenvalue weighted by Crippen LogP contribution is 2.30. The second-order valence-electron chi connectivity index (χ2n) is 7.03. The van der Waals surface area contributed by atoms with Gasteiger partial charge in [0.15, 0.2) is 0 Å². The van der Waals surface area contributed by atoms with Gasteiger partial charge in [-0.05, 0) is 24.2 Å². The molecule has 3 amide bonds. The zero-order valence-corrected chi connectivity index (χ0v) is 13.5. The van der Waals surface area contributed by atoms with E-state index in [2.05, 4.69) is 20.8 Å². The molecule has 1 atom stereocenters. The van der Waals surface area contributed by atoms with Gasteiger partial charge in [-0.25, -0.2) is 0 Å². The van der Waals surface area contributed by atoms with Gasteiger partial charge in [0.05, 0.1) is 0 Å². The molecule has 0 saturated heterocycles. The third kappa shape index (κ3) is 4.06. The van der Waals surface area contributed by atoms with Crippen LogP contribution in [0.25, 0.3) is 0 Å². The number of hydrogen-bond acceptors (Lipinski definition) is 3. The fourth-order valence-electron chi connectivity index (χ4n) is 3.15. The van der Waals surface area contributed by atoms with E-state index < -0.39 is 0 Å². The normalized spacial score (nSPS) is 19.7. The van der Waals surface area contributed by atoms with Crippen LogP contribution in [0.15, 0.2) is 24.3 Å². The van der Waals surface area contributed by atoms with Crippen LogP contribution >= 0.6 is 0 Å². The Morgan fingerprint density at radius 3 is 2.27 bits per heavy atom. The molecular weight excluding hydrogens is 280 g/mol. The SMILES string of the molecule is CC(CN1C(=O)C=CC1=O)CC(C)(C)CCN1CC=CC1=O. The van der Waals surface area contributed by atoms with Crippen LogP contribution in [-0.4, -0.2) is 47.2 Å². The van der Waals surface area contributed by atoms with E-state index in [1.54, 1.807) is 6.08 Å². The smallest absolute Gasteiger partial charge is 0.253 e. The molecule has 120 valence electrons. The zero-order chi connectivity index (χ0) is 16.3. The maximum absolute atomic E-state index is 11.6. The van der Waals surface area contributed by atoms with Crippen LogP contribution in [0, 0.1) is 11.3 Å². The lowest BCUT2D eigenvalue weighted by atomic mass is 9.80. The summed E-state index contributed by atoms with van der Waals surface area (Å²) >= 11 is 0. The first-order chi connectivity index (χ1) is 10.3. The maximum atomic E-state index is 11.6. The Labute approximate surface area is 131 Å². The predicted molar refractivity (Wildman–Crippen MR) is 83.8 cm³/mol. The van der Waals surface area contributed by atoms with Crippen LogP contribution in [-0.2, 0) is 14.4 Å². The summed E-state index contributed by atoms with van der Waals surface area (Å²) in [5, 5.41) is 0.